The zero-order valence-electron chi connectivity index (χ0n) is 9.68. The molecule has 0 atom stereocenters. The van der Waals surface area contributed by atoms with Gasteiger partial charge < -0.3 is 10.6 Å². The van der Waals surface area contributed by atoms with Gasteiger partial charge in [-0.2, -0.15) is 0 Å². The molecule has 0 rings (SSSR count). The maximum atomic E-state index is 11.4. The summed E-state index contributed by atoms with van der Waals surface area (Å²) in [6.45, 7) is 6.18. The smallest absolute Gasteiger partial charge is 0.224 e. The highest BCUT2D eigenvalue weighted by Crippen LogP contribution is 2.03. The average Bonchev–Trinajstić information content (AvgIpc) is 2.03. The molecule has 0 saturated heterocycles. The molecule has 14 heavy (non-hydrogen) atoms. The van der Waals surface area contributed by atoms with Gasteiger partial charge in [-0.05, 0) is 12.3 Å². The highest BCUT2D eigenvalue weighted by atomic mass is 16.1. The SMILES string of the molecule is CCC/C(=C\NC)NC(=O)CC(C)C. The summed E-state index contributed by atoms with van der Waals surface area (Å²) < 4.78 is 0. The van der Waals surface area contributed by atoms with Gasteiger partial charge in [0.15, 0.2) is 0 Å². The van der Waals surface area contributed by atoms with E-state index in [1.54, 1.807) is 0 Å². The van der Waals surface area contributed by atoms with E-state index < -0.39 is 0 Å². The highest BCUT2D eigenvalue weighted by molar-refractivity contribution is 5.77. The lowest BCUT2D eigenvalue weighted by molar-refractivity contribution is -0.121. The van der Waals surface area contributed by atoms with Crippen molar-refractivity contribution in [2.75, 3.05) is 7.05 Å². The number of carbonyl (C=O) groups is 1. The van der Waals surface area contributed by atoms with Gasteiger partial charge in [-0.15, -0.1) is 0 Å². The van der Waals surface area contributed by atoms with Gasteiger partial charge in [0.25, 0.3) is 0 Å². The van der Waals surface area contributed by atoms with Crippen LogP contribution >= 0.6 is 0 Å². The minimum absolute atomic E-state index is 0.106. The molecule has 0 aromatic carbocycles. The van der Waals surface area contributed by atoms with Crippen molar-refractivity contribution >= 4 is 5.91 Å². The van der Waals surface area contributed by atoms with Crippen LogP contribution in [0, 0.1) is 5.92 Å². The molecule has 0 aliphatic heterocycles. The van der Waals surface area contributed by atoms with Gasteiger partial charge in [0, 0.05) is 25.4 Å². The van der Waals surface area contributed by atoms with Crippen molar-refractivity contribution in [2.24, 2.45) is 5.92 Å². The van der Waals surface area contributed by atoms with E-state index in [0.717, 1.165) is 18.5 Å². The molecule has 0 aromatic heterocycles. The molecule has 0 aliphatic carbocycles. The molecule has 82 valence electrons. The van der Waals surface area contributed by atoms with Crippen molar-refractivity contribution in [3.63, 3.8) is 0 Å². The van der Waals surface area contributed by atoms with Crippen LogP contribution < -0.4 is 10.6 Å². The van der Waals surface area contributed by atoms with E-state index in [1.807, 2.05) is 27.1 Å². The fourth-order valence-corrected chi connectivity index (χ4v) is 1.22. The number of allylic oxidation sites excluding steroid dienone is 1. The molecule has 0 heterocycles. The van der Waals surface area contributed by atoms with E-state index in [-0.39, 0.29) is 5.91 Å². The van der Waals surface area contributed by atoms with Crippen LogP contribution in [0.5, 0.6) is 0 Å². The van der Waals surface area contributed by atoms with Gasteiger partial charge in [-0.3, -0.25) is 4.79 Å². The molecule has 0 fully saturated rings. The van der Waals surface area contributed by atoms with Crippen molar-refractivity contribution in [2.45, 2.75) is 40.0 Å². The molecule has 0 spiro atoms. The fraction of sp³-hybridized carbons (Fsp3) is 0.727. The maximum absolute atomic E-state index is 11.4. The first-order valence-corrected chi connectivity index (χ1v) is 5.26. The van der Waals surface area contributed by atoms with Crippen molar-refractivity contribution in [3.8, 4) is 0 Å². The largest absolute Gasteiger partial charge is 0.393 e. The summed E-state index contributed by atoms with van der Waals surface area (Å²) in [5.74, 6) is 0.516. The second-order valence-electron chi connectivity index (χ2n) is 3.85. The Hall–Kier alpha value is -0.990. The third-order valence-electron chi connectivity index (χ3n) is 1.73. The minimum atomic E-state index is 0.106. The molecule has 3 nitrogen and oxygen atoms in total. The standard InChI is InChI=1S/C11H22N2O/c1-5-6-10(8-12-4)13-11(14)7-9(2)3/h8-9,12H,5-7H2,1-4H3,(H,13,14)/b10-8+. The lowest BCUT2D eigenvalue weighted by Gasteiger charge is -2.10. The molecule has 0 bridgehead atoms. The lowest BCUT2D eigenvalue weighted by atomic mass is 10.1. The lowest BCUT2D eigenvalue weighted by Crippen LogP contribution is -2.25. The van der Waals surface area contributed by atoms with Gasteiger partial charge >= 0.3 is 0 Å². The summed E-state index contributed by atoms with van der Waals surface area (Å²) >= 11 is 0. The summed E-state index contributed by atoms with van der Waals surface area (Å²) in [4.78, 5) is 11.4. The molecule has 0 aliphatic rings. The van der Waals surface area contributed by atoms with E-state index in [9.17, 15) is 4.79 Å². The molecule has 0 saturated carbocycles. The van der Waals surface area contributed by atoms with E-state index >= 15 is 0 Å². The Bertz CT molecular complexity index is 197. The first kappa shape index (κ1) is 13.0. The molecule has 1 amide bonds. The third kappa shape index (κ3) is 6.52. The van der Waals surface area contributed by atoms with Crippen LogP contribution in [0.25, 0.3) is 0 Å². The van der Waals surface area contributed by atoms with Gasteiger partial charge in [0.2, 0.25) is 5.91 Å². The molecule has 3 heteroatoms. The van der Waals surface area contributed by atoms with Crippen LogP contribution in [0.15, 0.2) is 11.9 Å². The third-order valence-corrected chi connectivity index (χ3v) is 1.73. The van der Waals surface area contributed by atoms with Gasteiger partial charge in [0.05, 0.1) is 0 Å². The number of hydrogen-bond acceptors (Lipinski definition) is 2. The normalized spacial score (nSPS) is 11.6. The van der Waals surface area contributed by atoms with Crippen molar-refractivity contribution < 1.29 is 4.79 Å². The summed E-state index contributed by atoms with van der Waals surface area (Å²) in [5.41, 5.74) is 0.973. The maximum Gasteiger partial charge on any atom is 0.224 e. The van der Waals surface area contributed by atoms with Crippen LogP contribution in [0.3, 0.4) is 0 Å². The number of hydrogen-bond donors (Lipinski definition) is 2. The van der Waals surface area contributed by atoms with Gasteiger partial charge in [-0.25, -0.2) is 0 Å². The van der Waals surface area contributed by atoms with E-state index in [2.05, 4.69) is 17.6 Å². The van der Waals surface area contributed by atoms with Crippen LogP contribution in [0.4, 0.5) is 0 Å². The molecule has 2 N–H and O–H groups in total. The Balaban J connectivity index is 4.03. The van der Waals surface area contributed by atoms with Crippen LogP contribution in [-0.4, -0.2) is 13.0 Å². The predicted octanol–water partition coefficient (Wildman–Crippen LogP) is 2.01. The van der Waals surface area contributed by atoms with Gasteiger partial charge in [0.1, 0.15) is 0 Å². The first-order valence-electron chi connectivity index (χ1n) is 5.26. The predicted molar refractivity (Wildman–Crippen MR) is 59.6 cm³/mol. The van der Waals surface area contributed by atoms with Crippen molar-refractivity contribution in [1.29, 1.82) is 0 Å². The second kappa shape index (κ2) is 7.42. The summed E-state index contributed by atoms with van der Waals surface area (Å²) in [7, 11) is 1.84. The van der Waals surface area contributed by atoms with Crippen LogP contribution in [-0.2, 0) is 4.79 Å². The number of rotatable bonds is 6. The summed E-state index contributed by atoms with van der Waals surface area (Å²) in [6, 6.07) is 0. The second-order valence-corrected chi connectivity index (χ2v) is 3.85. The van der Waals surface area contributed by atoms with Gasteiger partial charge in [-0.1, -0.05) is 27.2 Å². The monoisotopic (exact) mass is 198 g/mol. The summed E-state index contributed by atoms with van der Waals surface area (Å²) in [5, 5.41) is 5.84. The number of carbonyl (C=O) groups excluding carboxylic acids is 1. The van der Waals surface area contributed by atoms with E-state index in [4.69, 9.17) is 0 Å². The van der Waals surface area contributed by atoms with E-state index in [0.29, 0.717) is 12.3 Å². The topological polar surface area (TPSA) is 41.1 Å². The minimum Gasteiger partial charge on any atom is -0.393 e. The Morgan fingerprint density at radius 2 is 2.07 bits per heavy atom. The quantitative estimate of drug-likeness (QED) is 0.685. The Kier molecular flexibility index (Phi) is 6.89. The molecular weight excluding hydrogens is 176 g/mol. The fourth-order valence-electron chi connectivity index (χ4n) is 1.22. The zero-order valence-corrected chi connectivity index (χ0v) is 9.68. The Morgan fingerprint density at radius 3 is 2.50 bits per heavy atom. The molecular formula is C11H22N2O. The average molecular weight is 198 g/mol. The number of amides is 1. The Labute approximate surface area is 87.0 Å². The highest BCUT2D eigenvalue weighted by Gasteiger charge is 2.05. The molecule has 0 radical (unpaired) electrons. The van der Waals surface area contributed by atoms with Crippen molar-refractivity contribution in [1.82, 2.24) is 10.6 Å². The molecule has 0 aromatic rings. The van der Waals surface area contributed by atoms with Crippen LogP contribution in [0.2, 0.25) is 0 Å². The van der Waals surface area contributed by atoms with Crippen molar-refractivity contribution in [3.05, 3.63) is 11.9 Å². The van der Waals surface area contributed by atoms with E-state index in [1.165, 1.54) is 0 Å². The number of nitrogens with one attached hydrogen (secondary N) is 2. The Morgan fingerprint density at radius 1 is 1.43 bits per heavy atom. The zero-order chi connectivity index (χ0) is 11.0. The van der Waals surface area contributed by atoms with Crippen LogP contribution in [0.1, 0.15) is 40.0 Å². The molecule has 0 unspecified atom stereocenters. The first-order chi connectivity index (χ1) is 6.60. The summed E-state index contributed by atoms with van der Waals surface area (Å²) in [6.07, 6.45) is 4.38.